The SMILES string of the molecule is Cc1cccc(SCC2(O)CCCC2)c1N. The lowest BCUT2D eigenvalue weighted by Crippen LogP contribution is -2.27. The van der Waals surface area contributed by atoms with Crippen molar-refractivity contribution in [3.63, 3.8) is 0 Å². The fourth-order valence-corrected chi connectivity index (χ4v) is 3.37. The molecule has 0 aliphatic heterocycles. The monoisotopic (exact) mass is 237 g/mol. The van der Waals surface area contributed by atoms with Gasteiger partial charge in [-0.25, -0.2) is 0 Å². The number of benzene rings is 1. The molecule has 0 heterocycles. The van der Waals surface area contributed by atoms with Crippen LogP contribution in [0.1, 0.15) is 31.2 Å². The molecule has 1 aliphatic carbocycles. The number of hydrogen-bond donors (Lipinski definition) is 2. The molecular formula is C13H19NOS. The molecule has 1 saturated carbocycles. The first-order valence-electron chi connectivity index (χ1n) is 5.81. The third kappa shape index (κ3) is 2.53. The fraction of sp³-hybridized carbons (Fsp3) is 0.538. The van der Waals surface area contributed by atoms with Gasteiger partial charge in [0.15, 0.2) is 0 Å². The third-order valence-corrected chi connectivity index (χ3v) is 4.66. The van der Waals surface area contributed by atoms with Crippen molar-refractivity contribution in [2.45, 2.75) is 43.1 Å². The minimum atomic E-state index is -0.457. The second-order valence-electron chi connectivity index (χ2n) is 4.71. The summed E-state index contributed by atoms with van der Waals surface area (Å²) in [5.41, 5.74) is 7.52. The van der Waals surface area contributed by atoms with E-state index < -0.39 is 5.60 Å². The Bertz CT molecular complexity index is 372. The van der Waals surface area contributed by atoms with E-state index >= 15 is 0 Å². The molecule has 1 aliphatic rings. The number of thioether (sulfide) groups is 1. The first-order chi connectivity index (χ1) is 7.61. The molecule has 2 rings (SSSR count). The van der Waals surface area contributed by atoms with Crippen LogP contribution in [-0.4, -0.2) is 16.5 Å². The third-order valence-electron chi connectivity index (χ3n) is 3.31. The maximum atomic E-state index is 10.3. The van der Waals surface area contributed by atoms with E-state index in [1.54, 1.807) is 11.8 Å². The highest BCUT2D eigenvalue weighted by atomic mass is 32.2. The Hall–Kier alpha value is -0.670. The molecule has 16 heavy (non-hydrogen) atoms. The molecule has 1 aromatic carbocycles. The van der Waals surface area contributed by atoms with Crippen molar-refractivity contribution >= 4 is 17.4 Å². The number of nitrogens with two attached hydrogens (primary N) is 1. The lowest BCUT2D eigenvalue weighted by atomic mass is 10.1. The number of rotatable bonds is 3. The maximum Gasteiger partial charge on any atom is 0.0741 e. The van der Waals surface area contributed by atoms with E-state index in [1.165, 1.54) is 0 Å². The predicted molar refractivity (Wildman–Crippen MR) is 69.7 cm³/mol. The smallest absolute Gasteiger partial charge is 0.0741 e. The molecule has 0 aromatic heterocycles. The number of anilines is 1. The number of aliphatic hydroxyl groups is 1. The summed E-state index contributed by atoms with van der Waals surface area (Å²) in [5, 5.41) is 10.3. The summed E-state index contributed by atoms with van der Waals surface area (Å²) >= 11 is 1.68. The minimum absolute atomic E-state index is 0.457. The second kappa shape index (κ2) is 4.68. The Morgan fingerprint density at radius 2 is 2.06 bits per heavy atom. The van der Waals surface area contributed by atoms with E-state index in [0.717, 1.165) is 47.6 Å². The second-order valence-corrected chi connectivity index (χ2v) is 5.72. The molecule has 0 spiro atoms. The van der Waals surface area contributed by atoms with Gasteiger partial charge in [0.05, 0.1) is 5.60 Å². The topological polar surface area (TPSA) is 46.2 Å². The van der Waals surface area contributed by atoms with Crippen LogP contribution in [0.15, 0.2) is 23.1 Å². The van der Waals surface area contributed by atoms with Gasteiger partial charge in [-0.2, -0.15) is 0 Å². The molecule has 0 atom stereocenters. The van der Waals surface area contributed by atoms with Gasteiger partial charge in [-0.05, 0) is 31.4 Å². The van der Waals surface area contributed by atoms with Gasteiger partial charge in [0.25, 0.3) is 0 Å². The summed E-state index contributed by atoms with van der Waals surface area (Å²) in [5.74, 6) is 0.765. The Balaban J connectivity index is 2.02. The van der Waals surface area contributed by atoms with Crippen LogP contribution >= 0.6 is 11.8 Å². The zero-order chi connectivity index (χ0) is 11.6. The van der Waals surface area contributed by atoms with Crippen LogP contribution in [0.3, 0.4) is 0 Å². The largest absolute Gasteiger partial charge is 0.398 e. The first kappa shape index (κ1) is 11.8. The van der Waals surface area contributed by atoms with Crippen LogP contribution in [0.25, 0.3) is 0 Å². The quantitative estimate of drug-likeness (QED) is 0.627. The number of hydrogen-bond acceptors (Lipinski definition) is 3. The van der Waals surface area contributed by atoms with Crippen molar-refractivity contribution < 1.29 is 5.11 Å². The molecule has 1 aromatic rings. The van der Waals surface area contributed by atoms with Crippen molar-refractivity contribution in [3.05, 3.63) is 23.8 Å². The average molecular weight is 237 g/mol. The first-order valence-corrected chi connectivity index (χ1v) is 6.80. The molecule has 0 amide bonds. The zero-order valence-corrected chi connectivity index (χ0v) is 10.5. The van der Waals surface area contributed by atoms with Crippen LogP contribution in [0.2, 0.25) is 0 Å². The average Bonchev–Trinajstić information content (AvgIpc) is 2.68. The molecule has 3 N–H and O–H groups in total. The molecule has 0 unspecified atom stereocenters. The highest BCUT2D eigenvalue weighted by molar-refractivity contribution is 7.99. The fourth-order valence-electron chi connectivity index (χ4n) is 2.17. The summed E-state index contributed by atoms with van der Waals surface area (Å²) in [4.78, 5) is 1.10. The van der Waals surface area contributed by atoms with Gasteiger partial charge in [0.2, 0.25) is 0 Å². The van der Waals surface area contributed by atoms with Crippen molar-refractivity contribution in [1.29, 1.82) is 0 Å². The van der Waals surface area contributed by atoms with Crippen LogP contribution < -0.4 is 5.73 Å². The summed E-state index contributed by atoms with van der Waals surface area (Å²) < 4.78 is 0. The minimum Gasteiger partial charge on any atom is -0.398 e. The molecule has 0 radical (unpaired) electrons. The molecule has 3 heteroatoms. The molecule has 2 nitrogen and oxygen atoms in total. The van der Waals surface area contributed by atoms with E-state index in [1.807, 2.05) is 25.1 Å². The van der Waals surface area contributed by atoms with Gasteiger partial charge in [-0.3, -0.25) is 0 Å². The van der Waals surface area contributed by atoms with Crippen LogP contribution in [-0.2, 0) is 0 Å². The van der Waals surface area contributed by atoms with Crippen LogP contribution in [0, 0.1) is 6.92 Å². The van der Waals surface area contributed by atoms with E-state index in [9.17, 15) is 5.11 Å². The van der Waals surface area contributed by atoms with Gasteiger partial charge < -0.3 is 10.8 Å². The molecular weight excluding hydrogens is 218 g/mol. The van der Waals surface area contributed by atoms with Crippen molar-refractivity contribution in [2.75, 3.05) is 11.5 Å². The molecule has 88 valence electrons. The van der Waals surface area contributed by atoms with Crippen molar-refractivity contribution in [1.82, 2.24) is 0 Å². The van der Waals surface area contributed by atoms with Gasteiger partial charge in [0.1, 0.15) is 0 Å². The van der Waals surface area contributed by atoms with Crippen molar-refractivity contribution in [3.8, 4) is 0 Å². The number of para-hydroxylation sites is 1. The van der Waals surface area contributed by atoms with Gasteiger partial charge in [-0.1, -0.05) is 25.0 Å². The van der Waals surface area contributed by atoms with Crippen LogP contribution in [0.4, 0.5) is 5.69 Å². The zero-order valence-electron chi connectivity index (χ0n) is 9.70. The highest BCUT2D eigenvalue weighted by Gasteiger charge is 2.31. The maximum absolute atomic E-state index is 10.3. The standard InChI is InChI=1S/C13H19NOS/c1-10-5-4-6-11(12(10)14)16-9-13(15)7-2-3-8-13/h4-6,15H,2-3,7-9,14H2,1H3. The number of aryl methyl sites for hydroxylation is 1. The summed E-state index contributed by atoms with van der Waals surface area (Å²) in [7, 11) is 0. The van der Waals surface area contributed by atoms with Crippen molar-refractivity contribution in [2.24, 2.45) is 0 Å². The molecule has 0 bridgehead atoms. The van der Waals surface area contributed by atoms with Gasteiger partial charge >= 0.3 is 0 Å². The lowest BCUT2D eigenvalue weighted by Gasteiger charge is -2.21. The highest BCUT2D eigenvalue weighted by Crippen LogP contribution is 2.36. The van der Waals surface area contributed by atoms with E-state index in [-0.39, 0.29) is 0 Å². The lowest BCUT2D eigenvalue weighted by molar-refractivity contribution is 0.0733. The Kier molecular flexibility index (Phi) is 3.45. The molecule has 1 fully saturated rings. The van der Waals surface area contributed by atoms with E-state index in [4.69, 9.17) is 5.73 Å². The van der Waals surface area contributed by atoms with Gasteiger partial charge in [0, 0.05) is 16.3 Å². The Morgan fingerprint density at radius 1 is 1.38 bits per heavy atom. The predicted octanol–water partition coefficient (Wildman–Crippen LogP) is 2.97. The van der Waals surface area contributed by atoms with Crippen LogP contribution in [0.5, 0.6) is 0 Å². The Morgan fingerprint density at radius 3 is 2.75 bits per heavy atom. The summed E-state index contributed by atoms with van der Waals surface area (Å²) in [6.07, 6.45) is 4.18. The summed E-state index contributed by atoms with van der Waals surface area (Å²) in [6, 6.07) is 6.07. The summed E-state index contributed by atoms with van der Waals surface area (Å²) in [6.45, 7) is 2.02. The van der Waals surface area contributed by atoms with E-state index in [0.29, 0.717) is 0 Å². The molecule has 0 saturated heterocycles. The number of nitrogen functional groups attached to an aromatic ring is 1. The normalized spacial score (nSPS) is 18.9. The van der Waals surface area contributed by atoms with Gasteiger partial charge in [-0.15, -0.1) is 11.8 Å². The van der Waals surface area contributed by atoms with E-state index in [2.05, 4.69) is 0 Å². The Labute approximate surface area is 101 Å².